The Morgan fingerprint density at radius 3 is 2.75 bits per heavy atom. The van der Waals surface area contributed by atoms with Crippen LogP contribution in [0.5, 0.6) is 11.5 Å². The zero-order valence-electron chi connectivity index (χ0n) is 21.3. The molecule has 8 nitrogen and oxygen atoms in total. The smallest absolute Gasteiger partial charge is 0.328 e. The molecule has 0 spiro atoms. The number of benzene rings is 2. The number of hydrogen-bond donors (Lipinski definition) is 3. The van der Waals surface area contributed by atoms with Crippen molar-refractivity contribution in [1.82, 2.24) is 20.1 Å². The van der Waals surface area contributed by atoms with Crippen LogP contribution >= 0.6 is 0 Å². The third-order valence-corrected chi connectivity index (χ3v) is 7.35. The number of nitrogens with one attached hydrogen (secondary N) is 2. The highest BCUT2D eigenvalue weighted by atomic mass is 16.5. The van der Waals surface area contributed by atoms with Crippen molar-refractivity contribution in [2.24, 2.45) is 5.92 Å². The second kappa shape index (κ2) is 9.17. The van der Waals surface area contributed by atoms with Gasteiger partial charge in [0.25, 0.3) is 5.91 Å². The first-order valence-electron chi connectivity index (χ1n) is 12.6. The van der Waals surface area contributed by atoms with Gasteiger partial charge in [-0.1, -0.05) is 26.0 Å². The van der Waals surface area contributed by atoms with Crippen LogP contribution in [0.25, 0.3) is 10.9 Å². The molecule has 1 fully saturated rings. The van der Waals surface area contributed by atoms with Crippen molar-refractivity contribution < 1.29 is 19.4 Å². The predicted molar refractivity (Wildman–Crippen MR) is 138 cm³/mol. The van der Waals surface area contributed by atoms with Crippen LogP contribution < -0.4 is 10.1 Å². The molecule has 1 aromatic heterocycles. The van der Waals surface area contributed by atoms with Gasteiger partial charge in [-0.05, 0) is 73.8 Å². The molecular weight excluding hydrogens is 456 g/mol. The molecule has 0 aliphatic carbocycles. The number of aromatic nitrogens is 1. The lowest BCUT2D eigenvalue weighted by Gasteiger charge is -2.42. The van der Waals surface area contributed by atoms with Gasteiger partial charge < -0.3 is 20.1 Å². The van der Waals surface area contributed by atoms with Gasteiger partial charge in [-0.2, -0.15) is 0 Å². The number of phenolic OH excluding ortho intramolecular Hbond substituents is 1. The number of imide groups is 1. The zero-order chi connectivity index (χ0) is 25.6. The van der Waals surface area contributed by atoms with E-state index < -0.39 is 11.6 Å². The lowest BCUT2D eigenvalue weighted by atomic mass is 9.81. The van der Waals surface area contributed by atoms with Crippen LogP contribution in [0.1, 0.15) is 50.1 Å². The summed E-state index contributed by atoms with van der Waals surface area (Å²) >= 11 is 0. The van der Waals surface area contributed by atoms with Crippen molar-refractivity contribution in [2.75, 3.05) is 26.7 Å². The van der Waals surface area contributed by atoms with Crippen molar-refractivity contribution >= 4 is 22.8 Å². The molecule has 2 aliphatic heterocycles. The highest BCUT2D eigenvalue weighted by Crippen LogP contribution is 2.49. The minimum atomic E-state index is -1.04. The number of methoxy groups -OCH3 is 1. The van der Waals surface area contributed by atoms with Gasteiger partial charge in [-0.15, -0.1) is 0 Å². The van der Waals surface area contributed by atoms with E-state index in [-0.39, 0.29) is 17.7 Å². The molecule has 3 N–H and O–H groups in total. The van der Waals surface area contributed by atoms with Crippen LogP contribution in [0, 0.1) is 5.92 Å². The van der Waals surface area contributed by atoms with Crippen LogP contribution in [-0.4, -0.2) is 64.1 Å². The average molecular weight is 491 g/mol. The molecule has 0 bridgehead atoms. The molecule has 0 saturated carbocycles. The van der Waals surface area contributed by atoms with Crippen molar-refractivity contribution in [3.8, 4) is 11.5 Å². The summed E-state index contributed by atoms with van der Waals surface area (Å²) in [5, 5.41) is 14.6. The number of carbonyl (C=O) groups is 2. The standard InChI is InChI=1S/C28H34N4O4/c1-17(2)16-29-11-6-12-31-26(34)28(3)15-22-21-14-20(36-4)9-10-23(21)30-24(22)25(32(28)27(31)35)18-7-5-8-19(33)13-18/h5,7-10,13-14,17,25,29-30,33H,6,11-12,15-16H2,1-4H3. The summed E-state index contributed by atoms with van der Waals surface area (Å²) < 4.78 is 5.46. The molecule has 2 unspecified atom stereocenters. The molecule has 3 aromatic rings. The molecule has 3 heterocycles. The number of aromatic hydroxyl groups is 1. The molecule has 2 aliphatic rings. The van der Waals surface area contributed by atoms with Gasteiger partial charge in [-0.3, -0.25) is 14.6 Å². The Labute approximate surface area is 211 Å². The summed E-state index contributed by atoms with van der Waals surface area (Å²) in [7, 11) is 1.63. The summed E-state index contributed by atoms with van der Waals surface area (Å²) in [5.41, 5.74) is 2.50. The number of rotatable bonds is 8. The number of fused-ring (bicyclic) bond motifs is 4. The maximum absolute atomic E-state index is 13.8. The van der Waals surface area contributed by atoms with E-state index >= 15 is 0 Å². The number of ether oxygens (including phenoxy) is 1. The molecule has 5 rings (SSSR count). The first-order chi connectivity index (χ1) is 17.2. The third kappa shape index (κ3) is 3.89. The number of urea groups is 1. The Morgan fingerprint density at radius 2 is 2.03 bits per heavy atom. The fourth-order valence-electron chi connectivity index (χ4n) is 5.61. The van der Waals surface area contributed by atoms with Gasteiger partial charge in [0.15, 0.2) is 0 Å². The van der Waals surface area contributed by atoms with Gasteiger partial charge in [0.2, 0.25) is 0 Å². The zero-order valence-corrected chi connectivity index (χ0v) is 21.3. The largest absolute Gasteiger partial charge is 0.508 e. The van der Waals surface area contributed by atoms with Crippen LogP contribution in [0.15, 0.2) is 42.5 Å². The van der Waals surface area contributed by atoms with E-state index in [9.17, 15) is 14.7 Å². The molecule has 8 heteroatoms. The highest BCUT2D eigenvalue weighted by Gasteiger charge is 2.60. The number of amides is 3. The molecule has 36 heavy (non-hydrogen) atoms. The Kier molecular flexibility index (Phi) is 6.16. The Morgan fingerprint density at radius 1 is 1.22 bits per heavy atom. The minimum Gasteiger partial charge on any atom is -0.508 e. The average Bonchev–Trinajstić information content (AvgIpc) is 3.29. The Hall–Kier alpha value is -3.52. The van der Waals surface area contributed by atoms with Crippen molar-refractivity contribution in [2.45, 2.75) is 45.2 Å². The van der Waals surface area contributed by atoms with Gasteiger partial charge in [0.05, 0.1) is 7.11 Å². The quantitative estimate of drug-likeness (QED) is 0.325. The van der Waals surface area contributed by atoms with Crippen molar-refractivity contribution in [3.63, 3.8) is 0 Å². The SMILES string of the molecule is COc1ccc2[nH]c3c(c2c1)CC1(C)C(=O)N(CCCNCC(C)C)C(=O)N1C3c1cccc(O)c1. The molecule has 3 amide bonds. The number of nitrogens with zero attached hydrogens (tertiary/aromatic N) is 2. The monoisotopic (exact) mass is 490 g/mol. The van der Waals surface area contributed by atoms with Crippen molar-refractivity contribution in [1.29, 1.82) is 0 Å². The predicted octanol–water partition coefficient (Wildman–Crippen LogP) is 4.19. The molecular formula is C28H34N4O4. The first kappa shape index (κ1) is 24.2. The Balaban J connectivity index is 1.56. The van der Waals surface area contributed by atoms with Gasteiger partial charge >= 0.3 is 6.03 Å². The van der Waals surface area contributed by atoms with Crippen LogP contribution in [0.3, 0.4) is 0 Å². The van der Waals surface area contributed by atoms with Crippen LogP contribution in [0.4, 0.5) is 4.79 Å². The number of phenols is 1. The molecule has 190 valence electrons. The molecule has 1 saturated heterocycles. The normalized spacial score (nSPS) is 21.4. The lowest BCUT2D eigenvalue weighted by Crippen LogP contribution is -2.53. The maximum atomic E-state index is 13.8. The summed E-state index contributed by atoms with van der Waals surface area (Å²) in [6, 6.07) is 11.9. The highest BCUT2D eigenvalue weighted by molar-refractivity contribution is 6.08. The summed E-state index contributed by atoms with van der Waals surface area (Å²) in [5.74, 6) is 1.21. The number of H-pyrrole nitrogens is 1. The van der Waals surface area contributed by atoms with E-state index in [1.165, 1.54) is 4.90 Å². The summed E-state index contributed by atoms with van der Waals surface area (Å²) in [4.78, 5) is 34.3. The second-order valence-electron chi connectivity index (χ2n) is 10.4. The Bertz CT molecular complexity index is 1320. The minimum absolute atomic E-state index is 0.116. The summed E-state index contributed by atoms with van der Waals surface area (Å²) in [6.07, 6.45) is 1.09. The lowest BCUT2D eigenvalue weighted by molar-refractivity contribution is -0.133. The van der Waals surface area contributed by atoms with Crippen molar-refractivity contribution in [3.05, 3.63) is 59.3 Å². The van der Waals surface area contributed by atoms with Crippen LogP contribution in [0.2, 0.25) is 0 Å². The topological polar surface area (TPSA) is 97.9 Å². The van der Waals surface area contributed by atoms with E-state index in [1.54, 1.807) is 30.2 Å². The summed E-state index contributed by atoms with van der Waals surface area (Å²) in [6.45, 7) is 8.16. The van der Waals surface area contributed by atoms with E-state index in [2.05, 4.69) is 24.1 Å². The van der Waals surface area contributed by atoms with E-state index in [1.807, 2.05) is 31.2 Å². The molecule has 2 aromatic carbocycles. The molecule has 0 radical (unpaired) electrons. The van der Waals surface area contributed by atoms with E-state index in [4.69, 9.17) is 4.74 Å². The van der Waals surface area contributed by atoms with E-state index in [0.717, 1.165) is 46.6 Å². The maximum Gasteiger partial charge on any atom is 0.328 e. The van der Waals surface area contributed by atoms with E-state index in [0.29, 0.717) is 25.3 Å². The number of carbonyl (C=O) groups excluding carboxylic acids is 2. The number of hydrogen-bond acceptors (Lipinski definition) is 5. The fourth-order valence-corrected chi connectivity index (χ4v) is 5.61. The van der Waals surface area contributed by atoms with Gasteiger partial charge in [-0.25, -0.2) is 4.79 Å². The first-order valence-corrected chi connectivity index (χ1v) is 12.6. The van der Waals surface area contributed by atoms with Gasteiger partial charge in [0.1, 0.15) is 23.1 Å². The fraction of sp³-hybridized carbons (Fsp3) is 0.429. The third-order valence-electron chi connectivity index (χ3n) is 7.35. The van der Waals surface area contributed by atoms with Gasteiger partial charge in [0, 0.05) is 29.6 Å². The van der Waals surface area contributed by atoms with Crippen LogP contribution in [-0.2, 0) is 11.2 Å². The molecule has 2 atom stereocenters. The second-order valence-corrected chi connectivity index (χ2v) is 10.4. The number of aromatic amines is 1.